The molecule has 102 valence electrons. The van der Waals surface area contributed by atoms with E-state index in [1.807, 2.05) is 6.92 Å². The first-order chi connectivity index (χ1) is 7.93. The summed E-state index contributed by atoms with van der Waals surface area (Å²) in [5.74, 6) is 0.430. The third kappa shape index (κ3) is 8.16. The van der Waals surface area contributed by atoms with Crippen molar-refractivity contribution >= 4 is 5.91 Å². The maximum absolute atomic E-state index is 11.7. The molecule has 3 N–H and O–H groups in total. The van der Waals surface area contributed by atoms with Crippen molar-refractivity contribution in [3.8, 4) is 0 Å². The van der Waals surface area contributed by atoms with Crippen molar-refractivity contribution in [2.75, 3.05) is 19.8 Å². The maximum Gasteiger partial charge on any atom is 0.246 e. The Kier molecular flexibility index (Phi) is 8.17. The van der Waals surface area contributed by atoms with Gasteiger partial charge < -0.3 is 15.8 Å². The van der Waals surface area contributed by atoms with Gasteiger partial charge in [-0.1, -0.05) is 27.2 Å². The Morgan fingerprint density at radius 3 is 2.59 bits per heavy atom. The van der Waals surface area contributed by atoms with Crippen LogP contribution >= 0.6 is 0 Å². The fourth-order valence-corrected chi connectivity index (χ4v) is 1.87. The molecule has 4 nitrogen and oxygen atoms in total. The number of nitrogens with one attached hydrogen (secondary N) is 1. The molecule has 0 radical (unpaired) electrons. The average Bonchev–Trinajstić information content (AvgIpc) is 2.23. The highest BCUT2D eigenvalue weighted by atomic mass is 16.5. The van der Waals surface area contributed by atoms with Crippen LogP contribution in [-0.4, -0.2) is 31.2 Å². The second-order valence-corrected chi connectivity index (χ2v) is 5.32. The molecule has 4 heteroatoms. The molecule has 0 aliphatic rings. The largest absolute Gasteiger partial charge is 0.372 e. The van der Waals surface area contributed by atoms with E-state index in [-0.39, 0.29) is 18.1 Å². The molecule has 17 heavy (non-hydrogen) atoms. The molecule has 0 heterocycles. The molecule has 0 saturated carbocycles. The van der Waals surface area contributed by atoms with Crippen molar-refractivity contribution in [1.29, 1.82) is 0 Å². The number of hydrogen-bond acceptors (Lipinski definition) is 3. The highest BCUT2D eigenvalue weighted by molar-refractivity contribution is 5.78. The lowest BCUT2D eigenvalue weighted by molar-refractivity contribution is -0.127. The van der Waals surface area contributed by atoms with Gasteiger partial charge in [0.15, 0.2) is 0 Å². The standard InChI is InChI=1S/C13H28N2O2/c1-5-6-7-17-9-12(16)15-13(4,10-14)8-11(2)3/h11H,5-10,14H2,1-4H3,(H,15,16). The third-order valence-electron chi connectivity index (χ3n) is 2.63. The van der Waals surface area contributed by atoms with Gasteiger partial charge in [0.25, 0.3) is 0 Å². The summed E-state index contributed by atoms with van der Waals surface area (Å²) in [6.07, 6.45) is 2.95. The van der Waals surface area contributed by atoms with Crippen molar-refractivity contribution in [2.45, 2.75) is 52.5 Å². The SMILES string of the molecule is CCCCOCC(=O)NC(C)(CN)CC(C)C. The summed E-state index contributed by atoms with van der Waals surface area (Å²) in [5.41, 5.74) is 5.40. The van der Waals surface area contributed by atoms with E-state index in [2.05, 4.69) is 26.1 Å². The van der Waals surface area contributed by atoms with Gasteiger partial charge in [0.2, 0.25) is 5.91 Å². The van der Waals surface area contributed by atoms with Gasteiger partial charge in [-0.05, 0) is 25.7 Å². The molecule has 1 amide bonds. The monoisotopic (exact) mass is 244 g/mol. The van der Waals surface area contributed by atoms with Crippen molar-refractivity contribution < 1.29 is 9.53 Å². The number of unbranched alkanes of at least 4 members (excludes halogenated alkanes) is 1. The van der Waals surface area contributed by atoms with Gasteiger partial charge in [0.1, 0.15) is 6.61 Å². The number of ether oxygens (including phenoxy) is 1. The summed E-state index contributed by atoms with van der Waals surface area (Å²) in [6, 6.07) is 0. The summed E-state index contributed by atoms with van der Waals surface area (Å²) < 4.78 is 5.28. The highest BCUT2D eigenvalue weighted by Crippen LogP contribution is 2.14. The first-order valence-electron chi connectivity index (χ1n) is 6.52. The van der Waals surface area contributed by atoms with Crippen LogP contribution in [0.4, 0.5) is 0 Å². The van der Waals surface area contributed by atoms with Crippen LogP contribution in [0.1, 0.15) is 47.0 Å². The van der Waals surface area contributed by atoms with Crippen LogP contribution in [0.15, 0.2) is 0 Å². The molecule has 0 aromatic carbocycles. The summed E-state index contributed by atoms with van der Waals surface area (Å²) in [4.78, 5) is 11.7. The summed E-state index contributed by atoms with van der Waals surface area (Å²) in [5, 5.41) is 2.96. The summed E-state index contributed by atoms with van der Waals surface area (Å²) >= 11 is 0. The normalized spacial score (nSPS) is 14.7. The van der Waals surface area contributed by atoms with E-state index in [0.29, 0.717) is 19.1 Å². The van der Waals surface area contributed by atoms with Gasteiger partial charge in [-0.2, -0.15) is 0 Å². The first kappa shape index (κ1) is 16.4. The Morgan fingerprint density at radius 1 is 1.47 bits per heavy atom. The third-order valence-corrected chi connectivity index (χ3v) is 2.63. The topological polar surface area (TPSA) is 64.3 Å². The van der Waals surface area contributed by atoms with E-state index in [1.165, 1.54) is 0 Å². The van der Waals surface area contributed by atoms with E-state index >= 15 is 0 Å². The Morgan fingerprint density at radius 2 is 2.12 bits per heavy atom. The lowest BCUT2D eigenvalue weighted by Crippen LogP contribution is -2.53. The van der Waals surface area contributed by atoms with E-state index in [0.717, 1.165) is 19.3 Å². The Bertz CT molecular complexity index is 219. The van der Waals surface area contributed by atoms with Crippen molar-refractivity contribution in [1.82, 2.24) is 5.32 Å². The zero-order chi connectivity index (χ0) is 13.3. The average molecular weight is 244 g/mol. The van der Waals surface area contributed by atoms with Crippen LogP contribution in [0.25, 0.3) is 0 Å². The van der Waals surface area contributed by atoms with Gasteiger partial charge in [-0.25, -0.2) is 0 Å². The van der Waals surface area contributed by atoms with Crippen LogP contribution in [-0.2, 0) is 9.53 Å². The van der Waals surface area contributed by atoms with Gasteiger partial charge in [-0.3, -0.25) is 4.79 Å². The minimum Gasteiger partial charge on any atom is -0.372 e. The van der Waals surface area contributed by atoms with Gasteiger partial charge >= 0.3 is 0 Å². The highest BCUT2D eigenvalue weighted by Gasteiger charge is 2.25. The number of nitrogens with two attached hydrogens (primary N) is 1. The van der Waals surface area contributed by atoms with Crippen LogP contribution in [0, 0.1) is 5.92 Å². The lowest BCUT2D eigenvalue weighted by Gasteiger charge is -2.31. The van der Waals surface area contributed by atoms with Crippen LogP contribution in [0.3, 0.4) is 0 Å². The second kappa shape index (κ2) is 8.48. The Balaban J connectivity index is 3.97. The number of carbonyl (C=O) groups excluding carboxylic acids is 1. The van der Waals surface area contributed by atoms with E-state index in [1.54, 1.807) is 0 Å². The van der Waals surface area contributed by atoms with Gasteiger partial charge in [0, 0.05) is 18.7 Å². The predicted octanol–water partition coefficient (Wildman–Crippen LogP) is 1.68. The minimum atomic E-state index is -0.320. The molecule has 0 saturated heterocycles. The molecule has 0 rings (SSSR count). The minimum absolute atomic E-state index is 0.0743. The Labute approximate surface area is 105 Å². The predicted molar refractivity (Wildman–Crippen MR) is 70.8 cm³/mol. The number of amides is 1. The van der Waals surface area contributed by atoms with Gasteiger partial charge in [-0.15, -0.1) is 0 Å². The molecule has 1 atom stereocenters. The molecule has 0 aliphatic carbocycles. The number of hydrogen-bond donors (Lipinski definition) is 2. The zero-order valence-corrected chi connectivity index (χ0v) is 11.7. The maximum atomic E-state index is 11.7. The fourth-order valence-electron chi connectivity index (χ4n) is 1.87. The smallest absolute Gasteiger partial charge is 0.246 e. The van der Waals surface area contributed by atoms with E-state index in [9.17, 15) is 4.79 Å². The molecule has 0 spiro atoms. The first-order valence-corrected chi connectivity index (χ1v) is 6.52. The Hall–Kier alpha value is -0.610. The zero-order valence-electron chi connectivity index (χ0n) is 11.7. The molecule has 1 unspecified atom stereocenters. The lowest BCUT2D eigenvalue weighted by atomic mass is 9.91. The summed E-state index contributed by atoms with van der Waals surface area (Å²) in [6.45, 7) is 9.55. The fraction of sp³-hybridized carbons (Fsp3) is 0.923. The number of carbonyl (C=O) groups is 1. The molecular weight excluding hydrogens is 216 g/mol. The molecular formula is C13H28N2O2. The van der Waals surface area contributed by atoms with Crippen LogP contribution in [0.5, 0.6) is 0 Å². The molecule has 0 fully saturated rings. The summed E-state index contributed by atoms with van der Waals surface area (Å²) in [7, 11) is 0. The van der Waals surface area contributed by atoms with Crippen LogP contribution < -0.4 is 11.1 Å². The molecule has 0 aromatic rings. The molecule has 0 aliphatic heterocycles. The van der Waals surface area contributed by atoms with E-state index in [4.69, 9.17) is 10.5 Å². The molecule has 0 aromatic heterocycles. The van der Waals surface area contributed by atoms with Crippen molar-refractivity contribution in [3.63, 3.8) is 0 Å². The van der Waals surface area contributed by atoms with E-state index < -0.39 is 0 Å². The second-order valence-electron chi connectivity index (χ2n) is 5.32. The number of rotatable bonds is 9. The van der Waals surface area contributed by atoms with Crippen LogP contribution in [0.2, 0.25) is 0 Å². The molecule has 0 bridgehead atoms. The van der Waals surface area contributed by atoms with Crippen molar-refractivity contribution in [2.24, 2.45) is 11.7 Å². The van der Waals surface area contributed by atoms with Gasteiger partial charge in [0.05, 0.1) is 0 Å². The van der Waals surface area contributed by atoms with Crippen molar-refractivity contribution in [3.05, 3.63) is 0 Å². The quantitative estimate of drug-likeness (QED) is 0.607.